The van der Waals surface area contributed by atoms with E-state index in [1.807, 2.05) is 26.0 Å². The van der Waals surface area contributed by atoms with Gasteiger partial charge in [-0.05, 0) is 24.5 Å². The highest BCUT2D eigenvalue weighted by Crippen LogP contribution is 2.08. The van der Waals surface area contributed by atoms with Crippen molar-refractivity contribution in [3.63, 3.8) is 0 Å². The van der Waals surface area contributed by atoms with E-state index in [2.05, 4.69) is 4.72 Å². The van der Waals surface area contributed by atoms with Crippen molar-refractivity contribution < 1.29 is 8.42 Å². The van der Waals surface area contributed by atoms with Crippen LogP contribution in [0, 0.1) is 0 Å². The minimum Gasteiger partial charge on any atom is -0.326 e. The molecule has 0 heterocycles. The van der Waals surface area contributed by atoms with E-state index in [0.29, 0.717) is 6.54 Å². The number of rotatable bonds is 6. The highest BCUT2D eigenvalue weighted by Gasteiger charge is 2.13. The molecule has 1 unspecified atom stereocenters. The molecule has 0 radical (unpaired) electrons. The summed E-state index contributed by atoms with van der Waals surface area (Å²) in [5, 5.41) is 0. The molecular weight excluding hydrogens is 236 g/mol. The van der Waals surface area contributed by atoms with E-state index in [4.69, 9.17) is 5.73 Å². The molecule has 0 spiro atoms. The smallest absolute Gasteiger partial charge is 0.216 e. The second-order valence-electron chi connectivity index (χ2n) is 4.21. The van der Waals surface area contributed by atoms with E-state index in [1.54, 1.807) is 12.1 Å². The SMILES string of the molecule is CCC(C)NS(=O)(=O)Cc1ccc(CN)cc1. The van der Waals surface area contributed by atoms with Crippen LogP contribution in [0.15, 0.2) is 24.3 Å². The van der Waals surface area contributed by atoms with Crippen LogP contribution in [0.2, 0.25) is 0 Å². The van der Waals surface area contributed by atoms with E-state index in [9.17, 15) is 8.42 Å². The highest BCUT2D eigenvalue weighted by atomic mass is 32.2. The topological polar surface area (TPSA) is 72.2 Å². The predicted octanol–water partition coefficient (Wildman–Crippen LogP) is 1.36. The Bertz CT molecular complexity index is 440. The Morgan fingerprint density at radius 2 is 1.76 bits per heavy atom. The van der Waals surface area contributed by atoms with Crippen molar-refractivity contribution >= 4 is 10.0 Å². The van der Waals surface area contributed by atoms with E-state index in [1.165, 1.54) is 0 Å². The molecule has 0 aromatic heterocycles. The molecule has 0 aliphatic heterocycles. The normalized spacial score (nSPS) is 13.6. The van der Waals surface area contributed by atoms with Crippen LogP contribution in [0.3, 0.4) is 0 Å². The van der Waals surface area contributed by atoms with Crippen LogP contribution < -0.4 is 10.5 Å². The van der Waals surface area contributed by atoms with Crippen LogP contribution >= 0.6 is 0 Å². The van der Waals surface area contributed by atoms with E-state index in [0.717, 1.165) is 17.5 Å². The Hall–Kier alpha value is -0.910. The zero-order valence-electron chi connectivity index (χ0n) is 10.3. The summed E-state index contributed by atoms with van der Waals surface area (Å²) in [6.45, 7) is 4.27. The monoisotopic (exact) mass is 256 g/mol. The van der Waals surface area contributed by atoms with Crippen molar-refractivity contribution in [2.75, 3.05) is 0 Å². The summed E-state index contributed by atoms with van der Waals surface area (Å²) in [5.41, 5.74) is 7.26. The maximum atomic E-state index is 11.8. The number of hydrogen-bond donors (Lipinski definition) is 2. The molecule has 4 nitrogen and oxygen atoms in total. The molecule has 1 aromatic carbocycles. The Balaban J connectivity index is 2.69. The average molecular weight is 256 g/mol. The van der Waals surface area contributed by atoms with E-state index >= 15 is 0 Å². The van der Waals surface area contributed by atoms with Crippen molar-refractivity contribution in [2.24, 2.45) is 5.73 Å². The van der Waals surface area contributed by atoms with Crippen LogP contribution in [0.4, 0.5) is 0 Å². The van der Waals surface area contributed by atoms with Crippen molar-refractivity contribution in [1.29, 1.82) is 0 Å². The molecule has 1 atom stereocenters. The van der Waals surface area contributed by atoms with Crippen molar-refractivity contribution in [3.8, 4) is 0 Å². The van der Waals surface area contributed by atoms with Crippen molar-refractivity contribution in [2.45, 2.75) is 38.6 Å². The maximum absolute atomic E-state index is 11.8. The highest BCUT2D eigenvalue weighted by molar-refractivity contribution is 7.88. The third kappa shape index (κ3) is 4.85. The first-order chi connectivity index (χ1) is 7.96. The molecular formula is C12H20N2O2S. The van der Waals surface area contributed by atoms with Crippen LogP contribution in [0.1, 0.15) is 31.4 Å². The predicted molar refractivity (Wildman–Crippen MR) is 69.8 cm³/mol. The number of benzene rings is 1. The van der Waals surface area contributed by atoms with Crippen molar-refractivity contribution in [1.82, 2.24) is 4.72 Å². The molecule has 1 aromatic rings. The number of hydrogen-bond acceptors (Lipinski definition) is 3. The average Bonchev–Trinajstić information content (AvgIpc) is 2.28. The summed E-state index contributed by atoms with van der Waals surface area (Å²) in [5.74, 6) is 0.0161. The second-order valence-corrected chi connectivity index (χ2v) is 5.96. The molecule has 0 aliphatic rings. The third-order valence-electron chi connectivity index (χ3n) is 2.61. The molecule has 0 saturated heterocycles. The molecule has 5 heteroatoms. The van der Waals surface area contributed by atoms with Gasteiger partial charge in [0.15, 0.2) is 0 Å². The lowest BCUT2D eigenvalue weighted by Gasteiger charge is -2.12. The Labute approximate surface area is 103 Å². The summed E-state index contributed by atoms with van der Waals surface area (Å²) in [6.07, 6.45) is 0.783. The lowest BCUT2D eigenvalue weighted by atomic mass is 10.1. The minimum absolute atomic E-state index is 0.0161. The van der Waals surface area contributed by atoms with Gasteiger partial charge in [-0.2, -0.15) is 0 Å². The van der Waals surface area contributed by atoms with Gasteiger partial charge in [0.2, 0.25) is 10.0 Å². The maximum Gasteiger partial charge on any atom is 0.216 e. The number of sulfonamides is 1. The summed E-state index contributed by atoms with van der Waals surface area (Å²) < 4.78 is 26.2. The minimum atomic E-state index is -3.25. The fourth-order valence-corrected chi connectivity index (χ4v) is 2.92. The van der Waals surface area contributed by atoms with Gasteiger partial charge in [0.25, 0.3) is 0 Å². The van der Waals surface area contributed by atoms with Crippen LogP contribution in [-0.2, 0) is 22.3 Å². The third-order valence-corrected chi connectivity index (χ3v) is 4.08. The van der Waals surface area contributed by atoms with Crippen LogP contribution in [0.5, 0.6) is 0 Å². The molecule has 0 fully saturated rings. The van der Waals surface area contributed by atoms with Crippen molar-refractivity contribution in [3.05, 3.63) is 35.4 Å². The number of nitrogens with two attached hydrogens (primary N) is 1. The number of nitrogens with one attached hydrogen (secondary N) is 1. The van der Waals surface area contributed by atoms with Gasteiger partial charge in [-0.3, -0.25) is 0 Å². The molecule has 0 bridgehead atoms. The molecule has 17 heavy (non-hydrogen) atoms. The first kappa shape index (κ1) is 14.2. The van der Waals surface area contributed by atoms with E-state index in [-0.39, 0.29) is 11.8 Å². The van der Waals surface area contributed by atoms with Gasteiger partial charge in [0.05, 0.1) is 5.75 Å². The van der Waals surface area contributed by atoms with Gasteiger partial charge < -0.3 is 5.73 Å². The molecule has 1 rings (SSSR count). The van der Waals surface area contributed by atoms with Crippen LogP contribution in [0.25, 0.3) is 0 Å². The first-order valence-corrected chi connectivity index (χ1v) is 7.40. The summed E-state index contributed by atoms with van der Waals surface area (Å²) in [4.78, 5) is 0. The first-order valence-electron chi connectivity index (χ1n) is 5.74. The quantitative estimate of drug-likeness (QED) is 0.807. The molecule has 0 amide bonds. The fourth-order valence-electron chi connectivity index (χ4n) is 1.42. The fraction of sp³-hybridized carbons (Fsp3) is 0.500. The van der Waals surface area contributed by atoms with Gasteiger partial charge in [-0.25, -0.2) is 13.1 Å². The van der Waals surface area contributed by atoms with Gasteiger partial charge in [-0.1, -0.05) is 31.2 Å². The zero-order chi connectivity index (χ0) is 12.9. The molecule has 96 valence electrons. The zero-order valence-corrected chi connectivity index (χ0v) is 11.1. The van der Waals surface area contributed by atoms with Gasteiger partial charge >= 0.3 is 0 Å². The standard InChI is InChI=1S/C12H20N2O2S/c1-3-10(2)14-17(15,16)9-12-6-4-11(8-13)5-7-12/h4-7,10,14H,3,8-9,13H2,1-2H3. The summed E-state index contributed by atoms with van der Waals surface area (Å²) in [6, 6.07) is 7.29. The molecule has 0 saturated carbocycles. The van der Waals surface area contributed by atoms with Gasteiger partial charge in [-0.15, -0.1) is 0 Å². The second kappa shape index (κ2) is 6.14. The summed E-state index contributed by atoms with van der Waals surface area (Å²) >= 11 is 0. The Morgan fingerprint density at radius 3 is 2.24 bits per heavy atom. The molecule has 3 N–H and O–H groups in total. The largest absolute Gasteiger partial charge is 0.326 e. The Kier molecular flexibility index (Phi) is 5.11. The lowest BCUT2D eigenvalue weighted by molar-refractivity contribution is 0.555. The Morgan fingerprint density at radius 1 is 1.24 bits per heavy atom. The van der Waals surface area contributed by atoms with E-state index < -0.39 is 10.0 Å². The van der Waals surface area contributed by atoms with Gasteiger partial charge in [0, 0.05) is 12.6 Å². The van der Waals surface area contributed by atoms with Gasteiger partial charge in [0.1, 0.15) is 0 Å². The lowest BCUT2D eigenvalue weighted by Crippen LogP contribution is -2.32. The van der Waals surface area contributed by atoms with Crippen LogP contribution in [-0.4, -0.2) is 14.5 Å². The molecule has 0 aliphatic carbocycles. The summed E-state index contributed by atoms with van der Waals surface area (Å²) in [7, 11) is -3.25.